The van der Waals surface area contributed by atoms with E-state index in [1.807, 2.05) is 24.3 Å². The van der Waals surface area contributed by atoms with Crippen molar-refractivity contribution in [2.75, 3.05) is 26.0 Å². The number of carbonyl (C=O) groups is 2. The molecular formula is C19H21ClN2O4S. The first-order chi connectivity index (χ1) is 13.0. The van der Waals surface area contributed by atoms with Gasteiger partial charge in [0.15, 0.2) is 18.1 Å². The van der Waals surface area contributed by atoms with Crippen molar-refractivity contribution in [2.24, 2.45) is 5.73 Å². The van der Waals surface area contributed by atoms with Gasteiger partial charge >= 0.3 is 0 Å². The molecule has 2 amide bonds. The van der Waals surface area contributed by atoms with Crippen molar-refractivity contribution < 1.29 is 19.1 Å². The summed E-state index contributed by atoms with van der Waals surface area (Å²) >= 11 is 7.58. The topological polar surface area (TPSA) is 90.7 Å². The van der Waals surface area contributed by atoms with Crippen LogP contribution in [0.4, 0.5) is 0 Å². The van der Waals surface area contributed by atoms with E-state index in [-0.39, 0.29) is 12.5 Å². The first kappa shape index (κ1) is 20.9. The van der Waals surface area contributed by atoms with Crippen molar-refractivity contribution in [1.29, 1.82) is 0 Å². The lowest BCUT2D eigenvalue weighted by Crippen LogP contribution is -2.25. The fraction of sp³-hybridized carbons (Fsp3) is 0.263. The van der Waals surface area contributed by atoms with Crippen LogP contribution in [0.15, 0.2) is 42.5 Å². The van der Waals surface area contributed by atoms with E-state index in [1.54, 1.807) is 30.0 Å². The van der Waals surface area contributed by atoms with Gasteiger partial charge in [-0.2, -0.15) is 11.8 Å². The third-order valence-corrected chi connectivity index (χ3v) is 4.79. The molecule has 3 N–H and O–H groups in total. The Kier molecular flexibility index (Phi) is 8.29. The third-order valence-electron chi connectivity index (χ3n) is 3.51. The maximum Gasteiger partial charge on any atom is 0.255 e. The zero-order chi connectivity index (χ0) is 19.6. The second-order valence-corrected chi connectivity index (χ2v) is 7.10. The molecule has 0 saturated carbocycles. The van der Waals surface area contributed by atoms with Crippen LogP contribution in [-0.4, -0.2) is 37.8 Å². The summed E-state index contributed by atoms with van der Waals surface area (Å²) in [7, 11) is 1.46. The van der Waals surface area contributed by atoms with Crippen molar-refractivity contribution >= 4 is 35.2 Å². The van der Waals surface area contributed by atoms with Gasteiger partial charge in [-0.15, -0.1) is 0 Å². The Labute approximate surface area is 167 Å². The number of rotatable bonds is 10. The van der Waals surface area contributed by atoms with Crippen LogP contribution in [0, 0.1) is 0 Å². The summed E-state index contributed by atoms with van der Waals surface area (Å²) in [6.45, 7) is 0.284. The number of benzene rings is 2. The summed E-state index contributed by atoms with van der Waals surface area (Å²) in [6.07, 6.45) is 0. The number of methoxy groups -OCH3 is 1. The van der Waals surface area contributed by atoms with Gasteiger partial charge in [0.1, 0.15) is 0 Å². The van der Waals surface area contributed by atoms with E-state index in [1.165, 1.54) is 12.7 Å². The van der Waals surface area contributed by atoms with Crippen molar-refractivity contribution in [2.45, 2.75) is 5.75 Å². The number of carbonyl (C=O) groups excluding carboxylic acids is 2. The first-order valence-electron chi connectivity index (χ1n) is 8.19. The summed E-state index contributed by atoms with van der Waals surface area (Å²) in [5.41, 5.74) is 6.69. The Morgan fingerprint density at radius 3 is 2.56 bits per heavy atom. The number of hydrogen-bond donors (Lipinski definition) is 2. The van der Waals surface area contributed by atoms with E-state index in [4.69, 9.17) is 26.8 Å². The van der Waals surface area contributed by atoms with Crippen LogP contribution in [0.5, 0.6) is 11.5 Å². The molecule has 144 valence electrons. The fourth-order valence-electron chi connectivity index (χ4n) is 2.19. The average molecular weight is 409 g/mol. The number of amides is 2. The number of hydrogen-bond acceptors (Lipinski definition) is 5. The second kappa shape index (κ2) is 10.7. The van der Waals surface area contributed by atoms with E-state index < -0.39 is 5.91 Å². The van der Waals surface area contributed by atoms with Crippen LogP contribution < -0.4 is 20.5 Å². The summed E-state index contributed by atoms with van der Waals surface area (Å²) in [5, 5.41) is 3.58. The van der Waals surface area contributed by atoms with E-state index in [9.17, 15) is 9.59 Å². The minimum absolute atomic E-state index is 0.207. The van der Waals surface area contributed by atoms with Gasteiger partial charge in [-0.05, 0) is 35.9 Å². The van der Waals surface area contributed by atoms with Gasteiger partial charge in [-0.25, -0.2) is 0 Å². The van der Waals surface area contributed by atoms with Crippen LogP contribution in [-0.2, 0) is 10.5 Å². The van der Waals surface area contributed by atoms with E-state index in [2.05, 4.69) is 5.32 Å². The number of halogens is 1. The van der Waals surface area contributed by atoms with Gasteiger partial charge in [0.05, 0.1) is 7.11 Å². The molecule has 0 heterocycles. The summed E-state index contributed by atoms with van der Waals surface area (Å²) in [6, 6.07) is 12.4. The molecule has 0 bridgehead atoms. The van der Waals surface area contributed by atoms with Crippen LogP contribution in [0.2, 0.25) is 5.02 Å². The molecule has 0 radical (unpaired) electrons. The lowest BCUT2D eigenvalue weighted by Gasteiger charge is -2.11. The molecule has 0 fully saturated rings. The molecule has 2 aromatic rings. The number of thioether (sulfide) groups is 1. The zero-order valence-corrected chi connectivity index (χ0v) is 16.4. The highest BCUT2D eigenvalue weighted by atomic mass is 35.5. The SMILES string of the molecule is COc1cc(C(=O)NCCSCc2ccc(Cl)cc2)ccc1OCC(N)=O. The molecule has 2 rings (SSSR count). The van der Waals surface area contributed by atoms with Gasteiger partial charge in [0, 0.05) is 28.6 Å². The molecule has 6 nitrogen and oxygen atoms in total. The summed E-state index contributed by atoms with van der Waals surface area (Å²) < 4.78 is 10.4. The molecule has 0 spiro atoms. The van der Waals surface area contributed by atoms with Crippen molar-refractivity contribution in [3.63, 3.8) is 0 Å². The van der Waals surface area contributed by atoms with Crippen LogP contribution in [0.3, 0.4) is 0 Å². The Balaban J connectivity index is 1.79. The number of nitrogens with one attached hydrogen (secondary N) is 1. The maximum atomic E-state index is 12.3. The van der Waals surface area contributed by atoms with Gasteiger partial charge in [-0.3, -0.25) is 9.59 Å². The largest absolute Gasteiger partial charge is 0.493 e. The van der Waals surface area contributed by atoms with Crippen molar-refractivity contribution in [1.82, 2.24) is 5.32 Å². The molecule has 0 aliphatic carbocycles. The Hall–Kier alpha value is -2.38. The van der Waals surface area contributed by atoms with E-state index >= 15 is 0 Å². The highest BCUT2D eigenvalue weighted by Crippen LogP contribution is 2.28. The lowest BCUT2D eigenvalue weighted by atomic mass is 10.2. The second-order valence-electron chi connectivity index (χ2n) is 5.56. The molecule has 0 saturated heterocycles. The third kappa shape index (κ3) is 7.03. The van der Waals surface area contributed by atoms with E-state index in [0.717, 1.165) is 16.5 Å². The molecule has 2 aromatic carbocycles. The highest BCUT2D eigenvalue weighted by molar-refractivity contribution is 7.98. The highest BCUT2D eigenvalue weighted by Gasteiger charge is 2.11. The summed E-state index contributed by atoms with van der Waals surface area (Å²) in [5.74, 6) is 1.56. The molecule has 0 aliphatic rings. The Morgan fingerprint density at radius 2 is 1.89 bits per heavy atom. The molecular weight excluding hydrogens is 388 g/mol. The van der Waals surface area contributed by atoms with Gasteiger partial charge in [0.25, 0.3) is 11.8 Å². The normalized spacial score (nSPS) is 10.3. The fourth-order valence-corrected chi connectivity index (χ4v) is 3.13. The lowest BCUT2D eigenvalue weighted by molar-refractivity contribution is -0.119. The number of primary amides is 1. The Morgan fingerprint density at radius 1 is 1.15 bits per heavy atom. The number of ether oxygens (including phenoxy) is 2. The minimum Gasteiger partial charge on any atom is -0.493 e. The van der Waals surface area contributed by atoms with Gasteiger partial charge < -0.3 is 20.5 Å². The molecule has 27 heavy (non-hydrogen) atoms. The minimum atomic E-state index is -0.588. The average Bonchev–Trinajstić information content (AvgIpc) is 2.67. The van der Waals surface area contributed by atoms with Crippen LogP contribution in [0.1, 0.15) is 15.9 Å². The smallest absolute Gasteiger partial charge is 0.255 e. The maximum absolute atomic E-state index is 12.3. The molecule has 0 unspecified atom stereocenters. The van der Waals surface area contributed by atoms with E-state index in [0.29, 0.717) is 23.6 Å². The Bertz CT molecular complexity index is 784. The molecule has 8 heteroatoms. The molecule has 0 atom stereocenters. The predicted octanol–water partition coefficient (Wildman–Crippen LogP) is 2.88. The van der Waals surface area contributed by atoms with Crippen molar-refractivity contribution in [3.05, 3.63) is 58.6 Å². The molecule has 0 aromatic heterocycles. The molecule has 0 aliphatic heterocycles. The standard InChI is InChI=1S/C19H21ClN2O4S/c1-25-17-10-14(4-7-16(17)26-11-18(21)23)19(24)22-8-9-27-12-13-2-5-15(20)6-3-13/h2-7,10H,8-9,11-12H2,1H3,(H2,21,23)(H,22,24). The van der Waals surface area contributed by atoms with Crippen LogP contribution in [0.25, 0.3) is 0 Å². The monoisotopic (exact) mass is 408 g/mol. The number of nitrogens with two attached hydrogens (primary N) is 1. The first-order valence-corrected chi connectivity index (χ1v) is 9.72. The van der Waals surface area contributed by atoms with Gasteiger partial charge in [-0.1, -0.05) is 23.7 Å². The summed E-state index contributed by atoms with van der Waals surface area (Å²) in [4.78, 5) is 23.1. The zero-order valence-electron chi connectivity index (χ0n) is 14.9. The van der Waals surface area contributed by atoms with Crippen molar-refractivity contribution in [3.8, 4) is 11.5 Å². The predicted molar refractivity (Wildman–Crippen MR) is 108 cm³/mol. The van der Waals surface area contributed by atoms with Gasteiger partial charge in [0.2, 0.25) is 0 Å². The van der Waals surface area contributed by atoms with Crippen LogP contribution >= 0.6 is 23.4 Å². The quantitative estimate of drug-likeness (QED) is 0.590.